The molecule has 30 heavy (non-hydrogen) atoms. The summed E-state index contributed by atoms with van der Waals surface area (Å²) >= 11 is 2.42. The molecule has 2 aromatic heterocycles. The molecule has 0 saturated heterocycles. The van der Waals surface area contributed by atoms with E-state index in [0.29, 0.717) is 39.8 Å². The molecule has 13 heteroatoms. The van der Waals surface area contributed by atoms with E-state index < -0.39 is 0 Å². The van der Waals surface area contributed by atoms with Gasteiger partial charge in [0.25, 0.3) is 0 Å². The van der Waals surface area contributed by atoms with Crippen LogP contribution in [0.3, 0.4) is 0 Å². The van der Waals surface area contributed by atoms with Crippen LogP contribution >= 0.6 is 23.1 Å². The first-order chi connectivity index (χ1) is 14.6. The van der Waals surface area contributed by atoms with Crippen molar-refractivity contribution >= 4 is 40.1 Å². The van der Waals surface area contributed by atoms with Crippen LogP contribution in [-0.4, -0.2) is 56.2 Å². The van der Waals surface area contributed by atoms with Crippen LogP contribution in [0.15, 0.2) is 28.7 Å². The van der Waals surface area contributed by atoms with Gasteiger partial charge in [-0.2, -0.15) is 4.68 Å². The molecule has 0 atom stereocenters. The highest BCUT2D eigenvalue weighted by molar-refractivity contribution is 7.99. The number of carbonyl (C=O) groups is 2. The summed E-state index contributed by atoms with van der Waals surface area (Å²) in [5, 5.41) is 16.9. The van der Waals surface area contributed by atoms with Crippen molar-refractivity contribution in [3.8, 4) is 17.2 Å². The molecule has 1 aliphatic heterocycles. The predicted molar refractivity (Wildman–Crippen MR) is 107 cm³/mol. The lowest BCUT2D eigenvalue weighted by molar-refractivity contribution is -0.142. The van der Waals surface area contributed by atoms with Crippen LogP contribution in [0, 0.1) is 0 Å². The van der Waals surface area contributed by atoms with Gasteiger partial charge in [0.2, 0.25) is 17.9 Å². The average molecular weight is 448 g/mol. The van der Waals surface area contributed by atoms with Crippen molar-refractivity contribution in [2.24, 2.45) is 0 Å². The van der Waals surface area contributed by atoms with Crippen LogP contribution in [-0.2, 0) is 20.7 Å². The van der Waals surface area contributed by atoms with Crippen LogP contribution in [0.5, 0.6) is 11.5 Å². The normalized spacial score (nSPS) is 12.0. The van der Waals surface area contributed by atoms with E-state index in [1.54, 1.807) is 30.5 Å². The second-order valence-corrected chi connectivity index (χ2v) is 7.67. The monoisotopic (exact) mass is 448 g/mol. The first kappa shape index (κ1) is 20.1. The van der Waals surface area contributed by atoms with Gasteiger partial charge in [-0.15, -0.1) is 16.4 Å². The molecule has 0 fully saturated rings. The van der Waals surface area contributed by atoms with Crippen molar-refractivity contribution in [3.63, 3.8) is 0 Å². The smallest absolute Gasteiger partial charge is 0.311 e. The summed E-state index contributed by atoms with van der Waals surface area (Å²) in [5.74, 6) is 0.728. The number of benzene rings is 1. The molecule has 1 N–H and O–H groups in total. The molecule has 156 valence electrons. The van der Waals surface area contributed by atoms with E-state index in [1.165, 1.54) is 27.8 Å². The average Bonchev–Trinajstić information content (AvgIpc) is 3.47. The SMILES string of the molecule is CCOC(=O)Cc1csc(NC(=O)CSc2nnnn2-c2ccc3c(c2)OCO3)n1. The zero-order chi connectivity index (χ0) is 20.9. The number of esters is 1. The summed E-state index contributed by atoms with van der Waals surface area (Å²) in [5.41, 5.74) is 1.24. The van der Waals surface area contributed by atoms with Crippen LogP contribution in [0.1, 0.15) is 12.6 Å². The highest BCUT2D eigenvalue weighted by Crippen LogP contribution is 2.34. The van der Waals surface area contributed by atoms with E-state index in [1.807, 2.05) is 0 Å². The molecule has 3 heterocycles. The third-order valence-corrected chi connectivity index (χ3v) is 5.53. The van der Waals surface area contributed by atoms with E-state index in [9.17, 15) is 9.59 Å². The number of aromatic nitrogens is 5. The number of rotatable bonds is 8. The Balaban J connectivity index is 1.34. The maximum absolute atomic E-state index is 12.3. The quantitative estimate of drug-likeness (QED) is 0.401. The lowest BCUT2D eigenvalue weighted by Crippen LogP contribution is -2.15. The Morgan fingerprint density at radius 1 is 1.33 bits per heavy atom. The van der Waals surface area contributed by atoms with Crippen LogP contribution < -0.4 is 14.8 Å². The molecule has 4 rings (SSSR count). The maximum atomic E-state index is 12.3. The van der Waals surface area contributed by atoms with Gasteiger partial charge in [0.05, 0.1) is 30.2 Å². The van der Waals surface area contributed by atoms with Gasteiger partial charge in [-0.05, 0) is 29.5 Å². The Bertz CT molecular complexity index is 1070. The highest BCUT2D eigenvalue weighted by Gasteiger charge is 2.17. The summed E-state index contributed by atoms with van der Waals surface area (Å²) < 4.78 is 17.1. The minimum absolute atomic E-state index is 0.0687. The van der Waals surface area contributed by atoms with Gasteiger partial charge in [-0.3, -0.25) is 9.59 Å². The van der Waals surface area contributed by atoms with Crippen LogP contribution in [0.4, 0.5) is 5.13 Å². The summed E-state index contributed by atoms with van der Waals surface area (Å²) in [4.78, 5) is 28.0. The number of carbonyl (C=O) groups excluding carboxylic acids is 2. The summed E-state index contributed by atoms with van der Waals surface area (Å²) in [6, 6.07) is 5.34. The maximum Gasteiger partial charge on any atom is 0.311 e. The number of tetrazole rings is 1. The van der Waals surface area contributed by atoms with Crippen molar-refractivity contribution in [2.45, 2.75) is 18.5 Å². The van der Waals surface area contributed by atoms with Gasteiger partial charge in [0.15, 0.2) is 16.6 Å². The Hall–Kier alpha value is -3.19. The summed E-state index contributed by atoms with van der Waals surface area (Å²) in [7, 11) is 0. The molecule has 0 radical (unpaired) electrons. The number of amides is 1. The number of fused-ring (bicyclic) bond motifs is 1. The molecule has 1 amide bonds. The van der Waals surface area contributed by atoms with Crippen molar-refractivity contribution in [2.75, 3.05) is 24.5 Å². The van der Waals surface area contributed by atoms with Crippen molar-refractivity contribution in [1.29, 1.82) is 0 Å². The highest BCUT2D eigenvalue weighted by atomic mass is 32.2. The van der Waals surface area contributed by atoms with Gasteiger partial charge in [0, 0.05) is 11.4 Å². The predicted octanol–water partition coefficient (Wildman–Crippen LogP) is 1.68. The molecule has 1 aliphatic rings. The molecule has 0 aliphatic carbocycles. The van der Waals surface area contributed by atoms with Gasteiger partial charge in [-0.1, -0.05) is 11.8 Å². The number of thioether (sulfide) groups is 1. The van der Waals surface area contributed by atoms with Gasteiger partial charge >= 0.3 is 5.97 Å². The standard InChI is InChI=1S/C17H16N6O5S2/c1-2-26-15(25)5-10-7-29-16(18-10)19-14(24)8-30-17-20-21-22-23(17)11-3-4-12-13(6-11)28-9-27-12/h3-4,6-7H,2,5,8-9H2,1H3,(H,18,19,24). The molecule has 1 aromatic carbocycles. The zero-order valence-corrected chi connectivity index (χ0v) is 17.4. The van der Waals surface area contributed by atoms with Gasteiger partial charge in [-0.25, -0.2) is 4.98 Å². The molecular formula is C17H16N6O5S2. The minimum atomic E-state index is -0.355. The summed E-state index contributed by atoms with van der Waals surface area (Å²) in [6.45, 7) is 2.23. The van der Waals surface area contributed by atoms with E-state index >= 15 is 0 Å². The summed E-state index contributed by atoms with van der Waals surface area (Å²) in [6.07, 6.45) is 0.0687. The first-order valence-electron chi connectivity index (χ1n) is 8.83. The molecule has 0 unspecified atom stereocenters. The van der Waals surface area contributed by atoms with Crippen LogP contribution in [0.2, 0.25) is 0 Å². The van der Waals surface area contributed by atoms with E-state index in [4.69, 9.17) is 14.2 Å². The number of nitrogens with zero attached hydrogens (tertiary/aromatic N) is 5. The van der Waals surface area contributed by atoms with Crippen molar-refractivity contribution < 1.29 is 23.8 Å². The molecule has 0 saturated carbocycles. The number of thiazole rings is 1. The first-order valence-corrected chi connectivity index (χ1v) is 10.7. The Morgan fingerprint density at radius 3 is 3.07 bits per heavy atom. The van der Waals surface area contributed by atoms with Crippen LogP contribution in [0.25, 0.3) is 5.69 Å². The lowest BCUT2D eigenvalue weighted by atomic mass is 10.3. The topological polar surface area (TPSA) is 130 Å². The fourth-order valence-corrected chi connectivity index (χ4v) is 3.96. The fourth-order valence-electron chi connectivity index (χ4n) is 2.54. The fraction of sp³-hybridized carbons (Fsp3) is 0.294. The molecule has 0 bridgehead atoms. The Kier molecular flexibility index (Phi) is 6.09. The zero-order valence-electron chi connectivity index (χ0n) is 15.7. The lowest BCUT2D eigenvalue weighted by Gasteiger charge is -2.05. The Morgan fingerprint density at radius 2 is 2.20 bits per heavy atom. The van der Waals surface area contributed by atoms with E-state index in [-0.39, 0.29) is 30.8 Å². The molecule has 0 spiro atoms. The molecular weight excluding hydrogens is 432 g/mol. The third-order valence-electron chi connectivity index (χ3n) is 3.80. The second-order valence-electron chi connectivity index (χ2n) is 5.87. The number of hydrogen-bond donors (Lipinski definition) is 1. The number of nitrogens with one attached hydrogen (secondary N) is 1. The molecule has 11 nitrogen and oxygen atoms in total. The number of hydrogen-bond acceptors (Lipinski definition) is 11. The van der Waals surface area contributed by atoms with E-state index in [2.05, 4.69) is 25.8 Å². The minimum Gasteiger partial charge on any atom is -0.466 e. The van der Waals surface area contributed by atoms with Gasteiger partial charge < -0.3 is 19.5 Å². The molecule has 3 aromatic rings. The van der Waals surface area contributed by atoms with Crippen molar-refractivity contribution in [3.05, 3.63) is 29.3 Å². The van der Waals surface area contributed by atoms with E-state index in [0.717, 1.165) is 0 Å². The third kappa shape index (κ3) is 4.68. The Labute approximate surface area is 178 Å². The second kappa shape index (κ2) is 9.09. The number of anilines is 1. The van der Waals surface area contributed by atoms with Gasteiger partial charge in [0.1, 0.15) is 0 Å². The largest absolute Gasteiger partial charge is 0.466 e. The number of ether oxygens (including phenoxy) is 3. The van der Waals surface area contributed by atoms with Crippen molar-refractivity contribution in [1.82, 2.24) is 25.2 Å².